The average molecular weight is 454 g/mol. The summed E-state index contributed by atoms with van der Waals surface area (Å²) in [6, 6.07) is 23.1. The second-order valence-corrected chi connectivity index (χ2v) is 8.83. The highest BCUT2D eigenvalue weighted by atomic mass is 16.2. The number of para-hydroxylation sites is 1. The molecule has 0 saturated heterocycles. The van der Waals surface area contributed by atoms with E-state index in [4.69, 9.17) is 4.98 Å². The molecule has 0 fully saturated rings. The van der Waals surface area contributed by atoms with E-state index in [1.165, 1.54) is 0 Å². The predicted molar refractivity (Wildman–Crippen MR) is 137 cm³/mol. The smallest absolute Gasteiger partial charge is 0.266 e. The van der Waals surface area contributed by atoms with Crippen LogP contribution >= 0.6 is 0 Å². The molecule has 0 bridgehead atoms. The summed E-state index contributed by atoms with van der Waals surface area (Å²) in [5.41, 5.74) is 4.59. The number of fused-ring (bicyclic) bond motifs is 1. The van der Waals surface area contributed by atoms with E-state index in [2.05, 4.69) is 6.07 Å². The van der Waals surface area contributed by atoms with Crippen LogP contribution < -0.4 is 5.56 Å². The van der Waals surface area contributed by atoms with E-state index >= 15 is 0 Å². The van der Waals surface area contributed by atoms with Crippen molar-refractivity contribution in [3.8, 4) is 5.69 Å². The molecule has 0 saturated carbocycles. The molecule has 0 aliphatic heterocycles. The Hall–Kier alpha value is -3.73. The van der Waals surface area contributed by atoms with E-state index in [-0.39, 0.29) is 17.5 Å². The van der Waals surface area contributed by atoms with Crippen molar-refractivity contribution in [3.05, 3.63) is 106 Å². The number of aryl methyl sites for hydroxylation is 3. The molecule has 0 aliphatic rings. The minimum absolute atomic E-state index is 0.0327. The first-order chi connectivity index (χ1) is 16.4. The summed E-state index contributed by atoms with van der Waals surface area (Å²) in [4.78, 5) is 33.6. The molecule has 0 aliphatic carbocycles. The van der Waals surface area contributed by atoms with Gasteiger partial charge in [0.05, 0.1) is 22.6 Å². The van der Waals surface area contributed by atoms with Gasteiger partial charge in [0.15, 0.2) is 0 Å². The summed E-state index contributed by atoms with van der Waals surface area (Å²) in [5, 5.41) is 0.569. The Kier molecular flexibility index (Phi) is 6.92. The fourth-order valence-corrected chi connectivity index (χ4v) is 4.54. The molecule has 1 aromatic heterocycles. The number of amides is 1. The standard InChI is InChI=1S/C29H31N3O2/c1-5-25(31(4)27(33)18-16-22-11-7-6-8-12-22)28-30-24-14-10-9-13-23(24)29(34)32(28)26-17-15-20(2)19-21(26)3/h6-15,17,19,25H,5,16,18H2,1-4H3. The van der Waals surface area contributed by atoms with Crippen LogP contribution in [0.4, 0.5) is 0 Å². The fraction of sp³-hybridized carbons (Fsp3) is 0.276. The molecule has 34 heavy (non-hydrogen) atoms. The quantitative estimate of drug-likeness (QED) is 0.369. The van der Waals surface area contributed by atoms with Crippen LogP contribution in [0.5, 0.6) is 0 Å². The lowest BCUT2D eigenvalue weighted by atomic mass is 10.1. The van der Waals surface area contributed by atoms with Crippen LogP contribution in [0.15, 0.2) is 77.6 Å². The lowest BCUT2D eigenvalue weighted by Crippen LogP contribution is -2.36. The van der Waals surface area contributed by atoms with Crippen molar-refractivity contribution in [1.82, 2.24) is 14.5 Å². The second kappa shape index (κ2) is 10.0. The number of hydrogen-bond acceptors (Lipinski definition) is 3. The zero-order chi connectivity index (χ0) is 24.2. The van der Waals surface area contributed by atoms with Crippen LogP contribution in [-0.2, 0) is 11.2 Å². The molecule has 4 rings (SSSR count). The van der Waals surface area contributed by atoms with Gasteiger partial charge in [0.25, 0.3) is 5.56 Å². The van der Waals surface area contributed by atoms with E-state index in [1.807, 2.05) is 94.5 Å². The summed E-state index contributed by atoms with van der Waals surface area (Å²) >= 11 is 0. The van der Waals surface area contributed by atoms with Gasteiger partial charge in [-0.05, 0) is 56.0 Å². The Balaban J connectivity index is 1.79. The van der Waals surface area contributed by atoms with Crippen LogP contribution in [0.3, 0.4) is 0 Å². The van der Waals surface area contributed by atoms with Crippen LogP contribution in [0.1, 0.15) is 48.3 Å². The van der Waals surface area contributed by atoms with Gasteiger partial charge >= 0.3 is 0 Å². The summed E-state index contributed by atoms with van der Waals surface area (Å²) in [5.74, 6) is 0.624. The molecule has 174 valence electrons. The Morgan fingerprint density at radius 1 is 1.00 bits per heavy atom. The molecular weight excluding hydrogens is 422 g/mol. The maximum atomic E-state index is 13.7. The number of nitrogens with zero attached hydrogens (tertiary/aromatic N) is 3. The number of hydrogen-bond donors (Lipinski definition) is 0. The Labute approximate surface area is 200 Å². The van der Waals surface area contributed by atoms with Gasteiger partial charge in [-0.25, -0.2) is 4.98 Å². The first kappa shape index (κ1) is 23.4. The molecule has 5 heteroatoms. The molecule has 1 heterocycles. The third kappa shape index (κ3) is 4.65. The van der Waals surface area contributed by atoms with Gasteiger partial charge in [0, 0.05) is 13.5 Å². The third-order valence-electron chi connectivity index (χ3n) is 6.41. The maximum Gasteiger partial charge on any atom is 0.266 e. The van der Waals surface area contributed by atoms with Crippen molar-refractivity contribution in [2.24, 2.45) is 0 Å². The molecule has 1 atom stereocenters. The van der Waals surface area contributed by atoms with Gasteiger partial charge in [0.2, 0.25) is 5.91 Å². The van der Waals surface area contributed by atoms with Gasteiger partial charge in [-0.3, -0.25) is 14.2 Å². The predicted octanol–water partition coefficient (Wildman–Crippen LogP) is 5.54. The summed E-state index contributed by atoms with van der Waals surface area (Å²) in [6.45, 7) is 6.07. The summed E-state index contributed by atoms with van der Waals surface area (Å²) < 4.78 is 1.70. The van der Waals surface area contributed by atoms with Crippen molar-refractivity contribution in [2.45, 2.75) is 46.1 Å². The lowest BCUT2D eigenvalue weighted by Gasteiger charge is -2.29. The van der Waals surface area contributed by atoms with Gasteiger partial charge in [-0.1, -0.05) is 67.1 Å². The van der Waals surface area contributed by atoms with Crippen molar-refractivity contribution >= 4 is 16.8 Å². The number of aromatic nitrogens is 2. The maximum absolute atomic E-state index is 13.7. The van der Waals surface area contributed by atoms with E-state index in [0.717, 1.165) is 22.4 Å². The molecule has 4 aromatic rings. The van der Waals surface area contributed by atoms with E-state index in [9.17, 15) is 9.59 Å². The topological polar surface area (TPSA) is 55.2 Å². The minimum Gasteiger partial charge on any atom is -0.336 e. The van der Waals surface area contributed by atoms with Crippen LogP contribution in [0.2, 0.25) is 0 Å². The first-order valence-electron chi connectivity index (χ1n) is 11.8. The van der Waals surface area contributed by atoms with E-state index < -0.39 is 0 Å². The highest BCUT2D eigenvalue weighted by Crippen LogP contribution is 2.27. The molecule has 0 N–H and O–H groups in total. The molecule has 1 amide bonds. The number of rotatable bonds is 7. The molecular formula is C29H31N3O2. The lowest BCUT2D eigenvalue weighted by molar-refractivity contribution is -0.132. The van der Waals surface area contributed by atoms with Gasteiger partial charge < -0.3 is 4.90 Å². The first-order valence-corrected chi connectivity index (χ1v) is 11.8. The monoisotopic (exact) mass is 453 g/mol. The van der Waals surface area contributed by atoms with Gasteiger partial charge in [-0.15, -0.1) is 0 Å². The van der Waals surface area contributed by atoms with Crippen molar-refractivity contribution in [1.29, 1.82) is 0 Å². The van der Waals surface area contributed by atoms with Crippen LogP contribution in [0, 0.1) is 13.8 Å². The fourth-order valence-electron chi connectivity index (χ4n) is 4.54. The van der Waals surface area contributed by atoms with Gasteiger partial charge in [-0.2, -0.15) is 0 Å². The Morgan fingerprint density at radius 3 is 2.41 bits per heavy atom. The average Bonchev–Trinajstić information content (AvgIpc) is 2.84. The number of carbonyl (C=O) groups is 1. The highest BCUT2D eigenvalue weighted by molar-refractivity contribution is 5.79. The Bertz CT molecular complexity index is 1380. The van der Waals surface area contributed by atoms with Crippen LogP contribution in [0.25, 0.3) is 16.6 Å². The van der Waals surface area contributed by atoms with E-state index in [0.29, 0.717) is 36.0 Å². The van der Waals surface area contributed by atoms with E-state index in [1.54, 1.807) is 9.47 Å². The minimum atomic E-state index is -0.332. The Morgan fingerprint density at radius 2 is 1.71 bits per heavy atom. The van der Waals surface area contributed by atoms with Crippen molar-refractivity contribution < 1.29 is 4.79 Å². The zero-order valence-electron chi connectivity index (χ0n) is 20.3. The van der Waals surface area contributed by atoms with Crippen molar-refractivity contribution in [3.63, 3.8) is 0 Å². The normalized spacial score (nSPS) is 12.0. The second-order valence-electron chi connectivity index (χ2n) is 8.83. The highest BCUT2D eigenvalue weighted by Gasteiger charge is 2.26. The van der Waals surface area contributed by atoms with Crippen LogP contribution in [-0.4, -0.2) is 27.4 Å². The zero-order valence-corrected chi connectivity index (χ0v) is 20.3. The molecule has 0 spiro atoms. The third-order valence-corrected chi connectivity index (χ3v) is 6.41. The number of benzene rings is 3. The number of carbonyl (C=O) groups excluding carboxylic acids is 1. The molecule has 5 nitrogen and oxygen atoms in total. The molecule has 1 unspecified atom stereocenters. The van der Waals surface area contributed by atoms with Gasteiger partial charge in [0.1, 0.15) is 5.82 Å². The summed E-state index contributed by atoms with van der Waals surface area (Å²) in [6.07, 6.45) is 1.72. The SMILES string of the molecule is CCC(c1nc2ccccc2c(=O)n1-c1ccc(C)cc1C)N(C)C(=O)CCc1ccccc1. The largest absolute Gasteiger partial charge is 0.336 e. The molecule has 3 aromatic carbocycles. The molecule has 0 radical (unpaired) electrons. The van der Waals surface area contributed by atoms with Crippen molar-refractivity contribution in [2.75, 3.05) is 7.05 Å². The summed E-state index contributed by atoms with van der Waals surface area (Å²) in [7, 11) is 1.81.